The van der Waals surface area contributed by atoms with Gasteiger partial charge in [-0.25, -0.2) is 9.59 Å². The van der Waals surface area contributed by atoms with Gasteiger partial charge in [0, 0.05) is 13.1 Å². The number of hydrogen-bond acceptors (Lipinski definition) is 3. The highest BCUT2D eigenvalue weighted by Gasteiger charge is 2.26. The van der Waals surface area contributed by atoms with E-state index in [1.54, 1.807) is 0 Å². The summed E-state index contributed by atoms with van der Waals surface area (Å²) in [6, 6.07) is -1.28. The van der Waals surface area contributed by atoms with E-state index in [0.717, 1.165) is 6.54 Å². The van der Waals surface area contributed by atoms with E-state index in [2.05, 4.69) is 29.4 Å². The fourth-order valence-electron chi connectivity index (χ4n) is 2.11. The Bertz CT molecular complexity index is 330. The average Bonchev–Trinajstić information content (AvgIpc) is 2.30. The second kappa shape index (κ2) is 8.09. The quantitative estimate of drug-likeness (QED) is 0.630. The summed E-state index contributed by atoms with van der Waals surface area (Å²) in [7, 11) is 3.95. The first-order valence-electron chi connectivity index (χ1n) is 7.01. The van der Waals surface area contributed by atoms with Crippen LogP contribution in [0, 0.1) is 11.3 Å². The number of nitrogens with one attached hydrogen (secondary N) is 2. The molecule has 0 spiro atoms. The summed E-state index contributed by atoms with van der Waals surface area (Å²) >= 11 is 0. The van der Waals surface area contributed by atoms with Crippen LogP contribution in [0.3, 0.4) is 0 Å². The lowest BCUT2D eigenvalue weighted by molar-refractivity contribution is -0.140. The third-order valence-electron chi connectivity index (χ3n) is 3.24. The molecule has 3 N–H and O–H groups in total. The number of nitrogens with zero attached hydrogens (tertiary/aromatic N) is 1. The molecule has 0 aromatic heterocycles. The average molecular weight is 287 g/mol. The Morgan fingerprint density at radius 3 is 2.25 bits per heavy atom. The van der Waals surface area contributed by atoms with E-state index in [-0.39, 0.29) is 11.3 Å². The summed E-state index contributed by atoms with van der Waals surface area (Å²) in [5.74, 6) is -1.10. The molecule has 6 nitrogen and oxygen atoms in total. The van der Waals surface area contributed by atoms with Crippen molar-refractivity contribution in [3.63, 3.8) is 0 Å². The van der Waals surface area contributed by atoms with Crippen molar-refractivity contribution >= 4 is 12.0 Å². The van der Waals surface area contributed by atoms with Gasteiger partial charge in [-0.1, -0.05) is 34.1 Å². The van der Waals surface area contributed by atoms with Crippen LogP contribution in [0.5, 0.6) is 0 Å². The monoisotopic (exact) mass is 287 g/mol. The number of aliphatic carboxylic acids is 1. The van der Waals surface area contributed by atoms with Gasteiger partial charge in [0.1, 0.15) is 6.04 Å². The van der Waals surface area contributed by atoms with Crippen LogP contribution < -0.4 is 10.6 Å². The molecule has 0 fully saturated rings. The molecule has 0 bridgehead atoms. The van der Waals surface area contributed by atoms with Gasteiger partial charge in [-0.3, -0.25) is 0 Å². The molecular formula is C14H29N3O3. The Kier molecular flexibility index (Phi) is 7.57. The molecule has 0 aromatic rings. The van der Waals surface area contributed by atoms with Crippen LogP contribution in [0.1, 0.15) is 34.1 Å². The minimum absolute atomic E-state index is 0.0735. The molecule has 0 aromatic carbocycles. The second-order valence-electron chi connectivity index (χ2n) is 6.43. The molecule has 0 saturated heterocycles. The molecule has 20 heavy (non-hydrogen) atoms. The second-order valence-corrected chi connectivity index (χ2v) is 6.43. The van der Waals surface area contributed by atoms with Gasteiger partial charge in [0.2, 0.25) is 0 Å². The normalized spacial score (nSPS) is 14.8. The minimum Gasteiger partial charge on any atom is -0.480 e. The molecule has 2 atom stereocenters. The van der Waals surface area contributed by atoms with Crippen molar-refractivity contribution in [3.8, 4) is 0 Å². The smallest absolute Gasteiger partial charge is 0.326 e. The molecule has 0 aliphatic rings. The van der Waals surface area contributed by atoms with Crippen molar-refractivity contribution in [1.29, 1.82) is 0 Å². The summed E-state index contributed by atoms with van der Waals surface area (Å²) in [4.78, 5) is 25.0. The first-order valence-corrected chi connectivity index (χ1v) is 7.01. The van der Waals surface area contributed by atoms with Crippen LogP contribution in [0.4, 0.5) is 4.79 Å². The molecule has 0 heterocycles. The highest BCUT2D eigenvalue weighted by Crippen LogP contribution is 2.14. The maximum Gasteiger partial charge on any atom is 0.326 e. The minimum atomic E-state index is -0.998. The van der Waals surface area contributed by atoms with Crippen molar-refractivity contribution in [2.24, 2.45) is 11.3 Å². The van der Waals surface area contributed by atoms with Gasteiger partial charge in [0.05, 0.1) is 0 Å². The Labute approximate surface area is 121 Å². The molecule has 0 aliphatic heterocycles. The molecule has 0 rings (SSSR count). The van der Waals surface area contributed by atoms with Crippen molar-refractivity contribution in [1.82, 2.24) is 15.5 Å². The third-order valence-corrected chi connectivity index (χ3v) is 3.24. The summed E-state index contributed by atoms with van der Waals surface area (Å²) in [6.07, 6.45) is 0.698. The van der Waals surface area contributed by atoms with E-state index in [4.69, 9.17) is 5.11 Å². The fraction of sp³-hybridized carbons (Fsp3) is 0.857. The van der Waals surface area contributed by atoms with Gasteiger partial charge in [-0.15, -0.1) is 0 Å². The molecular weight excluding hydrogens is 258 g/mol. The number of carbonyl (C=O) groups excluding carboxylic acids is 1. The first kappa shape index (κ1) is 18.7. The zero-order valence-electron chi connectivity index (χ0n) is 13.5. The molecule has 118 valence electrons. The SMILES string of the molecule is CCC(C)[C@H](NC(=O)NCC(C)(C)CN(C)C)C(=O)O. The fourth-order valence-corrected chi connectivity index (χ4v) is 2.11. The van der Waals surface area contributed by atoms with E-state index < -0.39 is 18.0 Å². The van der Waals surface area contributed by atoms with Gasteiger partial charge < -0.3 is 20.6 Å². The first-order chi connectivity index (χ1) is 9.09. The lowest BCUT2D eigenvalue weighted by Crippen LogP contribution is -2.51. The Hall–Kier alpha value is -1.30. The van der Waals surface area contributed by atoms with Crippen molar-refractivity contribution in [3.05, 3.63) is 0 Å². The van der Waals surface area contributed by atoms with Crippen LogP contribution >= 0.6 is 0 Å². The number of carboxylic acids is 1. The van der Waals surface area contributed by atoms with Crippen molar-refractivity contribution in [2.75, 3.05) is 27.2 Å². The third kappa shape index (κ3) is 7.33. The van der Waals surface area contributed by atoms with E-state index in [9.17, 15) is 9.59 Å². The number of hydrogen-bond donors (Lipinski definition) is 3. The molecule has 1 unspecified atom stereocenters. The maximum absolute atomic E-state index is 11.8. The molecule has 0 radical (unpaired) electrons. The van der Waals surface area contributed by atoms with Gasteiger partial charge in [0.15, 0.2) is 0 Å². The zero-order chi connectivity index (χ0) is 15.9. The van der Waals surface area contributed by atoms with E-state index >= 15 is 0 Å². The van der Waals surface area contributed by atoms with Crippen molar-refractivity contribution in [2.45, 2.75) is 40.2 Å². The van der Waals surface area contributed by atoms with Gasteiger partial charge in [-0.05, 0) is 25.4 Å². The van der Waals surface area contributed by atoms with Crippen LogP contribution in [0.15, 0.2) is 0 Å². The zero-order valence-corrected chi connectivity index (χ0v) is 13.5. The van der Waals surface area contributed by atoms with Gasteiger partial charge in [-0.2, -0.15) is 0 Å². The number of urea groups is 1. The standard InChI is InChI=1S/C14H29N3O3/c1-7-10(2)11(12(18)19)16-13(20)15-8-14(3,4)9-17(5)6/h10-11H,7-9H2,1-6H3,(H,18,19)(H2,15,16,20)/t10?,11-/m0/s1. The predicted octanol–water partition coefficient (Wildman–Crippen LogP) is 1.37. The van der Waals surface area contributed by atoms with E-state index in [0.29, 0.717) is 13.0 Å². The van der Waals surface area contributed by atoms with Crippen LogP contribution in [-0.4, -0.2) is 55.2 Å². The molecule has 2 amide bonds. The largest absolute Gasteiger partial charge is 0.480 e. The number of carbonyl (C=O) groups is 2. The number of amides is 2. The lowest BCUT2D eigenvalue weighted by Gasteiger charge is -2.29. The van der Waals surface area contributed by atoms with Crippen LogP contribution in [0.25, 0.3) is 0 Å². The maximum atomic E-state index is 11.8. The Morgan fingerprint density at radius 1 is 1.30 bits per heavy atom. The highest BCUT2D eigenvalue weighted by molar-refractivity contribution is 5.82. The predicted molar refractivity (Wildman–Crippen MR) is 79.7 cm³/mol. The summed E-state index contributed by atoms with van der Waals surface area (Å²) in [5.41, 5.74) is -0.0735. The van der Waals surface area contributed by atoms with E-state index in [1.807, 2.05) is 27.9 Å². The van der Waals surface area contributed by atoms with Gasteiger partial charge in [0.25, 0.3) is 0 Å². The van der Waals surface area contributed by atoms with Crippen LogP contribution in [0.2, 0.25) is 0 Å². The van der Waals surface area contributed by atoms with Crippen LogP contribution in [-0.2, 0) is 4.79 Å². The highest BCUT2D eigenvalue weighted by atomic mass is 16.4. The summed E-state index contributed by atoms with van der Waals surface area (Å²) in [5, 5.41) is 14.4. The molecule has 0 aliphatic carbocycles. The van der Waals surface area contributed by atoms with Crippen molar-refractivity contribution < 1.29 is 14.7 Å². The lowest BCUT2D eigenvalue weighted by atomic mass is 9.93. The Morgan fingerprint density at radius 2 is 1.85 bits per heavy atom. The summed E-state index contributed by atoms with van der Waals surface area (Å²) in [6.45, 7) is 9.15. The molecule has 6 heteroatoms. The topological polar surface area (TPSA) is 81.7 Å². The summed E-state index contributed by atoms with van der Waals surface area (Å²) < 4.78 is 0. The number of rotatable bonds is 8. The Balaban J connectivity index is 4.37. The molecule has 0 saturated carbocycles. The number of carboxylic acid groups (broad SMARTS) is 1. The van der Waals surface area contributed by atoms with Gasteiger partial charge >= 0.3 is 12.0 Å². The van der Waals surface area contributed by atoms with E-state index in [1.165, 1.54) is 0 Å².